The van der Waals surface area contributed by atoms with E-state index in [0.717, 1.165) is 35.6 Å². The van der Waals surface area contributed by atoms with Crippen molar-refractivity contribution in [3.8, 4) is 5.88 Å². The third kappa shape index (κ3) is 6.19. The largest absolute Gasteiger partial charge is 0.481 e. The van der Waals surface area contributed by atoms with Gasteiger partial charge in [0.1, 0.15) is 6.10 Å². The van der Waals surface area contributed by atoms with Crippen LogP contribution in [-0.2, 0) is 14.8 Å². The van der Waals surface area contributed by atoms with Crippen molar-refractivity contribution < 1.29 is 22.7 Å². The molecule has 2 heterocycles. The number of aliphatic imine (C=N–C) groups is 1. The van der Waals surface area contributed by atoms with E-state index in [9.17, 15) is 13.2 Å². The normalized spacial score (nSPS) is 24.9. The maximum Gasteiger partial charge on any atom is 0.404 e. The second-order valence-corrected chi connectivity index (χ2v) is 12.4. The lowest BCUT2D eigenvalue weighted by atomic mass is 9.88. The van der Waals surface area contributed by atoms with Gasteiger partial charge in [0.05, 0.1) is 40.9 Å². The number of rotatable bonds is 8. The summed E-state index contributed by atoms with van der Waals surface area (Å²) in [5.74, 6) is 0.489. The number of hydrogen-bond donors (Lipinski definition) is 2. The Labute approximate surface area is 219 Å². The van der Waals surface area contributed by atoms with Crippen molar-refractivity contribution in [3.63, 3.8) is 0 Å². The van der Waals surface area contributed by atoms with Crippen molar-refractivity contribution in [1.82, 2.24) is 14.7 Å². The molecule has 12 heteroatoms. The summed E-state index contributed by atoms with van der Waals surface area (Å²) < 4.78 is 38.7. The highest BCUT2D eigenvalue weighted by atomic mass is 32.2. The fourth-order valence-electron chi connectivity index (χ4n) is 4.57. The molecule has 2 aromatic heterocycles. The van der Waals surface area contributed by atoms with Crippen LogP contribution in [0, 0.1) is 0 Å². The first-order chi connectivity index (χ1) is 17.8. The molecule has 3 N–H and O–H groups in total. The number of carbonyl (C=O) groups is 1. The zero-order valence-corrected chi connectivity index (χ0v) is 22.0. The van der Waals surface area contributed by atoms with Gasteiger partial charge in [-0.1, -0.05) is 6.08 Å². The average Bonchev–Trinajstić information content (AvgIpc) is 3.64. The Balaban J connectivity index is 1.36. The van der Waals surface area contributed by atoms with Crippen molar-refractivity contribution in [2.75, 3.05) is 7.11 Å². The number of allylic oxidation sites excluding steroid dienone is 3. The van der Waals surface area contributed by atoms with Gasteiger partial charge in [0.25, 0.3) is 0 Å². The van der Waals surface area contributed by atoms with Crippen molar-refractivity contribution in [3.05, 3.63) is 58.3 Å². The van der Waals surface area contributed by atoms with Crippen LogP contribution in [0.15, 0.2) is 53.4 Å². The van der Waals surface area contributed by atoms with Crippen LogP contribution >= 0.6 is 11.3 Å². The summed E-state index contributed by atoms with van der Waals surface area (Å²) in [5, 5.41) is 0.662. The van der Waals surface area contributed by atoms with E-state index in [1.165, 1.54) is 0 Å². The molecular weight excluding hydrogens is 514 g/mol. The number of primary amides is 1. The number of methoxy groups -OCH3 is 1. The number of thiazole rings is 1. The number of amides is 1. The van der Waals surface area contributed by atoms with Crippen molar-refractivity contribution in [2.45, 2.75) is 61.7 Å². The smallest absolute Gasteiger partial charge is 0.404 e. The first-order valence-electron chi connectivity index (χ1n) is 12.2. The van der Waals surface area contributed by atoms with Gasteiger partial charge in [-0.05, 0) is 56.7 Å². The van der Waals surface area contributed by atoms with Crippen LogP contribution in [0.5, 0.6) is 5.88 Å². The zero-order valence-electron chi connectivity index (χ0n) is 20.4. The standard InChI is InChI=1S/C25H29N5O5S2/c1-34-23-11-5-17(13-27-23)29-16-4-10-20(21(12-16)30-37(32,33)19-8-9-19)22-14-28-24(36-22)15-2-6-18(7-3-15)35-25(26)31/h4-5,10-15,18-20,30H,2-3,6-9H2,1H3,(H2,26,31). The van der Waals surface area contributed by atoms with Gasteiger partial charge in [0.2, 0.25) is 15.9 Å². The minimum atomic E-state index is -3.47. The van der Waals surface area contributed by atoms with Crippen LogP contribution in [0.25, 0.3) is 0 Å². The fourth-order valence-corrected chi connectivity index (χ4v) is 7.19. The monoisotopic (exact) mass is 543 g/mol. The molecule has 0 spiro atoms. The zero-order chi connectivity index (χ0) is 26.0. The molecule has 1 unspecified atom stereocenters. The number of carbonyl (C=O) groups excluding carboxylic acids is 1. The Bertz CT molecular complexity index is 1340. The number of pyridine rings is 1. The molecule has 37 heavy (non-hydrogen) atoms. The lowest BCUT2D eigenvalue weighted by molar-refractivity contribution is 0.0787. The van der Waals surface area contributed by atoms with Gasteiger partial charge >= 0.3 is 6.09 Å². The van der Waals surface area contributed by atoms with E-state index in [4.69, 9.17) is 15.2 Å². The van der Waals surface area contributed by atoms with Crippen molar-refractivity contribution >= 4 is 38.9 Å². The molecule has 5 rings (SSSR count). The van der Waals surface area contributed by atoms with Gasteiger partial charge in [-0.25, -0.2) is 28.2 Å². The van der Waals surface area contributed by atoms with E-state index in [0.29, 0.717) is 35.8 Å². The average molecular weight is 544 g/mol. The molecule has 1 atom stereocenters. The number of ether oxygens (including phenoxy) is 2. The molecule has 1 amide bonds. The highest BCUT2D eigenvalue weighted by Gasteiger charge is 2.37. The third-order valence-electron chi connectivity index (χ3n) is 6.66. The van der Waals surface area contributed by atoms with Crippen LogP contribution in [0.4, 0.5) is 10.5 Å². The van der Waals surface area contributed by atoms with Crippen LogP contribution in [0.3, 0.4) is 0 Å². The summed E-state index contributed by atoms with van der Waals surface area (Å²) in [6, 6.07) is 3.51. The summed E-state index contributed by atoms with van der Waals surface area (Å²) in [7, 11) is -1.92. The molecule has 3 aliphatic rings. The quantitative estimate of drug-likeness (QED) is 0.510. The fraction of sp³-hybridized carbons (Fsp3) is 0.440. The highest BCUT2D eigenvalue weighted by molar-refractivity contribution is 7.90. The van der Waals surface area contributed by atoms with Crippen LogP contribution < -0.4 is 15.2 Å². The van der Waals surface area contributed by atoms with Gasteiger partial charge in [-0.3, -0.25) is 4.72 Å². The van der Waals surface area contributed by atoms with Gasteiger partial charge in [-0.2, -0.15) is 0 Å². The summed E-state index contributed by atoms with van der Waals surface area (Å²) in [4.78, 5) is 25.5. The van der Waals surface area contributed by atoms with E-state index < -0.39 is 16.1 Å². The van der Waals surface area contributed by atoms with E-state index >= 15 is 0 Å². The van der Waals surface area contributed by atoms with Crippen molar-refractivity contribution in [2.24, 2.45) is 10.7 Å². The Morgan fingerprint density at radius 1 is 1.14 bits per heavy atom. The number of sulfonamides is 1. The van der Waals surface area contributed by atoms with Crippen LogP contribution in [0.2, 0.25) is 0 Å². The number of nitrogens with one attached hydrogen (secondary N) is 1. The first-order valence-corrected chi connectivity index (χ1v) is 14.6. The van der Waals surface area contributed by atoms with Gasteiger partial charge in [-0.15, -0.1) is 11.3 Å². The molecule has 0 radical (unpaired) electrons. The van der Waals surface area contributed by atoms with Gasteiger partial charge in [0, 0.05) is 28.8 Å². The topological polar surface area (TPSA) is 146 Å². The molecular formula is C25H29N5O5S2. The molecule has 2 saturated carbocycles. The molecule has 0 aliphatic heterocycles. The predicted molar refractivity (Wildman–Crippen MR) is 141 cm³/mol. The Kier molecular flexibility index (Phi) is 7.29. The number of hydrogen-bond acceptors (Lipinski definition) is 9. The van der Waals surface area contributed by atoms with E-state index in [1.54, 1.807) is 42.9 Å². The number of nitrogens with two attached hydrogens (primary N) is 1. The van der Waals surface area contributed by atoms with E-state index in [-0.39, 0.29) is 23.2 Å². The minimum absolute atomic E-state index is 0.139. The van der Waals surface area contributed by atoms with Gasteiger partial charge in [0.15, 0.2) is 0 Å². The van der Waals surface area contributed by atoms with E-state index in [2.05, 4.69) is 19.7 Å². The minimum Gasteiger partial charge on any atom is -0.481 e. The molecule has 0 aromatic carbocycles. The molecule has 3 aliphatic carbocycles. The molecule has 2 fully saturated rings. The lowest BCUT2D eigenvalue weighted by Gasteiger charge is -2.26. The Hall–Kier alpha value is -3.25. The molecule has 10 nitrogen and oxygen atoms in total. The van der Waals surface area contributed by atoms with E-state index in [1.807, 2.05) is 18.3 Å². The molecule has 2 aromatic rings. The number of nitrogens with zero attached hydrogens (tertiary/aromatic N) is 3. The second-order valence-electron chi connectivity index (χ2n) is 9.39. The SMILES string of the molecule is COc1ccc(N=C2C=CC(c3cnc(C4CCC(OC(N)=O)CC4)s3)C(NS(=O)(=O)C3CC3)=C2)cn1. The van der Waals surface area contributed by atoms with Gasteiger partial charge < -0.3 is 15.2 Å². The maximum absolute atomic E-state index is 12.8. The Morgan fingerprint density at radius 3 is 2.57 bits per heavy atom. The number of aromatic nitrogens is 2. The third-order valence-corrected chi connectivity index (χ3v) is 9.78. The second kappa shape index (κ2) is 10.6. The van der Waals surface area contributed by atoms with Crippen LogP contribution in [-0.4, -0.2) is 48.7 Å². The summed E-state index contributed by atoms with van der Waals surface area (Å²) in [6.07, 6.45) is 12.7. The van der Waals surface area contributed by atoms with Crippen molar-refractivity contribution in [1.29, 1.82) is 0 Å². The lowest BCUT2D eigenvalue weighted by Crippen LogP contribution is -2.30. The highest BCUT2D eigenvalue weighted by Crippen LogP contribution is 2.40. The predicted octanol–water partition coefficient (Wildman–Crippen LogP) is 4.06. The molecule has 196 valence electrons. The first kappa shape index (κ1) is 25.4. The Morgan fingerprint density at radius 2 is 1.92 bits per heavy atom. The molecule has 0 bridgehead atoms. The summed E-state index contributed by atoms with van der Waals surface area (Å²) in [5.41, 5.74) is 6.96. The molecule has 0 saturated heterocycles. The summed E-state index contributed by atoms with van der Waals surface area (Å²) in [6.45, 7) is 0. The summed E-state index contributed by atoms with van der Waals surface area (Å²) >= 11 is 1.59. The van der Waals surface area contributed by atoms with Crippen LogP contribution in [0.1, 0.15) is 60.2 Å². The maximum atomic E-state index is 12.8.